The van der Waals surface area contributed by atoms with Crippen molar-refractivity contribution < 1.29 is 9.53 Å². The van der Waals surface area contributed by atoms with Gasteiger partial charge in [-0.3, -0.25) is 4.79 Å². The second-order valence-corrected chi connectivity index (χ2v) is 5.53. The van der Waals surface area contributed by atoms with Crippen molar-refractivity contribution in [3.63, 3.8) is 0 Å². The molecule has 0 radical (unpaired) electrons. The predicted octanol–water partition coefficient (Wildman–Crippen LogP) is 2.58. The summed E-state index contributed by atoms with van der Waals surface area (Å²) in [6.07, 6.45) is 4.65. The Bertz CT molecular complexity index is 977. The van der Waals surface area contributed by atoms with Gasteiger partial charge in [0.25, 0.3) is 5.91 Å². The number of aliphatic imine (C=N–C) groups is 1. The average Bonchev–Trinajstić information content (AvgIpc) is 3.32. The number of carbonyl (C=O) groups excluding carboxylic acids is 1. The second kappa shape index (κ2) is 6.64. The van der Waals surface area contributed by atoms with Crippen LogP contribution in [0.4, 0.5) is 5.69 Å². The summed E-state index contributed by atoms with van der Waals surface area (Å²) in [6.45, 7) is 0. The number of rotatable bonds is 3. The molecule has 0 saturated heterocycles. The van der Waals surface area contributed by atoms with Gasteiger partial charge in [0.15, 0.2) is 0 Å². The lowest BCUT2D eigenvalue weighted by Gasteiger charge is -2.17. The largest absolute Gasteiger partial charge is 0.497 e. The van der Waals surface area contributed by atoms with Gasteiger partial charge in [-0.05, 0) is 35.9 Å². The molecule has 1 aliphatic heterocycles. The normalized spacial score (nSPS) is 15.4. The minimum Gasteiger partial charge on any atom is -0.497 e. The summed E-state index contributed by atoms with van der Waals surface area (Å²) >= 11 is 0. The first-order valence-electron chi connectivity index (χ1n) is 7.95. The fourth-order valence-corrected chi connectivity index (χ4v) is 2.64. The first-order chi connectivity index (χ1) is 12.8. The molecule has 0 unspecified atom stereocenters. The molecule has 0 bridgehead atoms. The van der Waals surface area contributed by atoms with Gasteiger partial charge < -0.3 is 4.74 Å². The molecule has 1 amide bonds. The smallest absolute Gasteiger partial charge is 0.283 e. The Kier molecular flexibility index (Phi) is 4.03. The van der Waals surface area contributed by atoms with Gasteiger partial charge in [-0.2, -0.15) is 9.78 Å². The van der Waals surface area contributed by atoms with Crippen LogP contribution in [0.25, 0.3) is 6.08 Å². The van der Waals surface area contributed by atoms with Gasteiger partial charge in [0.1, 0.15) is 24.1 Å². The van der Waals surface area contributed by atoms with Gasteiger partial charge in [-0.25, -0.2) is 14.9 Å². The van der Waals surface area contributed by atoms with Crippen molar-refractivity contribution in [3.8, 4) is 5.75 Å². The molecule has 1 aromatic heterocycles. The average molecular weight is 345 g/mol. The molecule has 0 aliphatic carbocycles. The van der Waals surface area contributed by atoms with E-state index in [9.17, 15) is 4.79 Å². The van der Waals surface area contributed by atoms with Gasteiger partial charge in [-0.15, -0.1) is 0 Å². The molecule has 128 valence electrons. The van der Waals surface area contributed by atoms with Crippen molar-refractivity contribution in [3.05, 3.63) is 78.5 Å². The van der Waals surface area contributed by atoms with E-state index in [0.29, 0.717) is 17.3 Å². The van der Waals surface area contributed by atoms with Gasteiger partial charge in [0.2, 0.25) is 5.96 Å². The Hall–Kier alpha value is -3.74. The van der Waals surface area contributed by atoms with Crippen LogP contribution in [-0.2, 0) is 4.79 Å². The molecule has 3 aromatic rings. The van der Waals surface area contributed by atoms with E-state index in [0.717, 1.165) is 11.3 Å². The Morgan fingerprint density at radius 2 is 1.81 bits per heavy atom. The topological polar surface area (TPSA) is 72.6 Å². The summed E-state index contributed by atoms with van der Waals surface area (Å²) in [5, 5.41) is 4.11. The Balaban J connectivity index is 1.76. The number of anilines is 1. The lowest BCUT2D eigenvalue weighted by Crippen LogP contribution is -2.36. The van der Waals surface area contributed by atoms with Crippen molar-refractivity contribution in [2.75, 3.05) is 12.0 Å². The zero-order valence-electron chi connectivity index (χ0n) is 14.0. The van der Waals surface area contributed by atoms with Crippen LogP contribution in [0.2, 0.25) is 0 Å². The number of carbonyl (C=O) groups is 1. The summed E-state index contributed by atoms with van der Waals surface area (Å²) in [5.74, 6) is 0.915. The van der Waals surface area contributed by atoms with Crippen LogP contribution >= 0.6 is 0 Å². The van der Waals surface area contributed by atoms with E-state index in [1.54, 1.807) is 13.2 Å². The van der Waals surface area contributed by atoms with Crippen molar-refractivity contribution in [1.82, 2.24) is 14.8 Å². The Labute approximate surface area is 149 Å². The summed E-state index contributed by atoms with van der Waals surface area (Å²) in [5.41, 5.74) is 1.89. The van der Waals surface area contributed by atoms with E-state index in [1.807, 2.05) is 54.6 Å². The molecular formula is C19H15N5O2. The fraction of sp³-hybridized carbons (Fsp3) is 0.0526. The third-order valence-electron chi connectivity index (χ3n) is 3.90. The maximum atomic E-state index is 13.0. The standard InChI is InChI=1S/C19H15N5O2/c1-26-16-9-7-14(8-10-16)11-17-18(25)24(15-5-3-2-4-6-15)19(22-17)23-13-20-12-21-23/h2-13H,1H3/b17-11-. The number of aromatic nitrogens is 3. The molecule has 0 saturated carbocycles. The maximum absolute atomic E-state index is 13.0. The SMILES string of the molecule is COc1ccc(/C=C2\N=C(n3cncn3)N(c3ccccc3)C2=O)cc1. The molecule has 26 heavy (non-hydrogen) atoms. The number of hydrogen-bond donors (Lipinski definition) is 0. The molecule has 7 heteroatoms. The first-order valence-corrected chi connectivity index (χ1v) is 7.95. The van der Waals surface area contributed by atoms with Gasteiger partial charge in [-0.1, -0.05) is 30.3 Å². The fourth-order valence-electron chi connectivity index (χ4n) is 2.64. The number of hydrogen-bond acceptors (Lipinski definition) is 5. The van der Waals surface area contributed by atoms with E-state index in [-0.39, 0.29) is 5.91 Å². The van der Waals surface area contributed by atoms with Crippen LogP contribution < -0.4 is 9.64 Å². The van der Waals surface area contributed by atoms with Gasteiger partial charge in [0, 0.05) is 0 Å². The quantitative estimate of drug-likeness (QED) is 0.684. The molecule has 2 heterocycles. The lowest BCUT2D eigenvalue weighted by atomic mass is 10.2. The molecule has 7 nitrogen and oxygen atoms in total. The van der Waals surface area contributed by atoms with Crippen LogP contribution in [0, 0.1) is 0 Å². The molecule has 0 N–H and O–H groups in total. The van der Waals surface area contributed by atoms with E-state index in [4.69, 9.17) is 4.74 Å². The number of benzene rings is 2. The zero-order chi connectivity index (χ0) is 17.9. The number of amides is 1. The monoisotopic (exact) mass is 345 g/mol. The lowest BCUT2D eigenvalue weighted by molar-refractivity contribution is -0.113. The molecule has 0 fully saturated rings. The minimum absolute atomic E-state index is 0.225. The molecule has 1 aliphatic rings. The highest BCUT2D eigenvalue weighted by Gasteiger charge is 2.33. The van der Waals surface area contributed by atoms with E-state index >= 15 is 0 Å². The van der Waals surface area contributed by atoms with E-state index in [2.05, 4.69) is 15.1 Å². The number of nitrogens with zero attached hydrogens (tertiary/aromatic N) is 5. The van der Waals surface area contributed by atoms with Crippen LogP contribution in [0.3, 0.4) is 0 Å². The summed E-state index contributed by atoms with van der Waals surface area (Å²) in [6, 6.07) is 16.7. The predicted molar refractivity (Wildman–Crippen MR) is 97.8 cm³/mol. The highest BCUT2D eigenvalue weighted by molar-refractivity contribution is 6.28. The molecular weight excluding hydrogens is 330 g/mol. The van der Waals surface area contributed by atoms with Crippen LogP contribution in [0.15, 0.2) is 77.9 Å². The highest BCUT2D eigenvalue weighted by atomic mass is 16.5. The third kappa shape index (κ3) is 2.86. The minimum atomic E-state index is -0.225. The number of methoxy groups -OCH3 is 1. The molecule has 2 aromatic carbocycles. The molecule has 0 spiro atoms. The maximum Gasteiger partial charge on any atom is 0.283 e. The Morgan fingerprint density at radius 3 is 2.46 bits per heavy atom. The Morgan fingerprint density at radius 1 is 1.04 bits per heavy atom. The summed E-state index contributed by atoms with van der Waals surface area (Å²) < 4.78 is 6.63. The highest BCUT2D eigenvalue weighted by Crippen LogP contribution is 2.25. The van der Waals surface area contributed by atoms with Crippen molar-refractivity contribution in [1.29, 1.82) is 0 Å². The molecule has 4 rings (SSSR count). The summed E-state index contributed by atoms with van der Waals surface area (Å²) in [4.78, 5) is 23.0. The van der Waals surface area contributed by atoms with Crippen LogP contribution in [0.5, 0.6) is 5.75 Å². The van der Waals surface area contributed by atoms with Gasteiger partial charge in [0.05, 0.1) is 12.8 Å². The van der Waals surface area contributed by atoms with Crippen LogP contribution in [0.1, 0.15) is 5.56 Å². The van der Waals surface area contributed by atoms with Crippen LogP contribution in [-0.4, -0.2) is 33.7 Å². The third-order valence-corrected chi connectivity index (χ3v) is 3.90. The van der Waals surface area contributed by atoms with E-state index in [1.165, 1.54) is 22.2 Å². The number of para-hydroxylation sites is 1. The van der Waals surface area contributed by atoms with Crippen molar-refractivity contribution >= 4 is 23.6 Å². The zero-order valence-corrected chi connectivity index (χ0v) is 14.0. The first kappa shape index (κ1) is 15.8. The van der Waals surface area contributed by atoms with E-state index < -0.39 is 0 Å². The molecule has 0 atom stereocenters. The summed E-state index contributed by atoms with van der Waals surface area (Å²) in [7, 11) is 1.61. The van der Waals surface area contributed by atoms with Gasteiger partial charge >= 0.3 is 0 Å². The number of ether oxygens (including phenoxy) is 1. The second-order valence-electron chi connectivity index (χ2n) is 5.53. The van der Waals surface area contributed by atoms with Crippen molar-refractivity contribution in [2.24, 2.45) is 4.99 Å². The van der Waals surface area contributed by atoms with Crippen molar-refractivity contribution in [2.45, 2.75) is 0 Å².